The van der Waals surface area contributed by atoms with E-state index < -0.39 is 0 Å². The Morgan fingerprint density at radius 3 is 2.53 bits per heavy atom. The summed E-state index contributed by atoms with van der Waals surface area (Å²) in [6, 6.07) is 6.14. The highest BCUT2D eigenvalue weighted by Gasteiger charge is 2.33. The minimum absolute atomic E-state index is 0.0197. The summed E-state index contributed by atoms with van der Waals surface area (Å²) < 4.78 is 3.35. The van der Waals surface area contributed by atoms with Crippen molar-refractivity contribution in [3.05, 3.63) is 51.3 Å². The van der Waals surface area contributed by atoms with E-state index in [1.807, 2.05) is 24.9 Å². The van der Waals surface area contributed by atoms with Crippen LogP contribution in [0.25, 0.3) is 11.0 Å². The van der Waals surface area contributed by atoms with Crippen LogP contribution >= 0.6 is 0 Å². The van der Waals surface area contributed by atoms with Crippen molar-refractivity contribution >= 4 is 22.8 Å². The molecule has 3 heterocycles. The van der Waals surface area contributed by atoms with Crippen LogP contribution in [0, 0.1) is 12.8 Å². The van der Waals surface area contributed by atoms with Crippen molar-refractivity contribution in [2.75, 3.05) is 18.5 Å². The second-order valence-corrected chi connectivity index (χ2v) is 9.37. The zero-order chi connectivity index (χ0) is 22.6. The molecule has 0 radical (unpaired) electrons. The van der Waals surface area contributed by atoms with Crippen molar-refractivity contribution in [3.8, 4) is 0 Å². The first-order valence-electron chi connectivity index (χ1n) is 11.3. The van der Waals surface area contributed by atoms with Crippen LogP contribution in [-0.2, 0) is 38.4 Å². The Balaban J connectivity index is 1.37. The fraction of sp³-hybridized carbons (Fsp3) is 0.500. The van der Waals surface area contributed by atoms with Crippen molar-refractivity contribution in [1.29, 1.82) is 0 Å². The molecule has 1 aliphatic carbocycles. The first-order valence-corrected chi connectivity index (χ1v) is 11.3. The number of hydrogen-bond acceptors (Lipinski definition) is 5. The maximum Gasteiger partial charge on any atom is 0.328 e. The molecule has 168 valence electrons. The highest BCUT2D eigenvalue weighted by atomic mass is 16.2. The number of imidazole rings is 1. The minimum atomic E-state index is -0.0197. The number of aromatic nitrogens is 4. The molecular formula is C24H30N6O2. The van der Waals surface area contributed by atoms with E-state index in [0.29, 0.717) is 25.4 Å². The van der Waals surface area contributed by atoms with Gasteiger partial charge in [-0.3, -0.25) is 23.7 Å². The van der Waals surface area contributed by atoms with E-state index in [4.69, 9.17) is 9.97 Å². The molecule has 0 N–H and O–H groups in total. The molecule has 8 heteroatoms. The maximum atomic E-state index is 12.6. The largest absolute Gasteiger partial charge is 0.328 e. The molecule has 2 aliphatic rings. The molecule has 2 aromatic heterocycles. The fourth-order valence-corrected chi connectivity index (χ4v) is 4.72. The van der Waals surface area contributed by atoms with E-state index >= 15 is 0 Å². The molecule has 32 heavy (non-hydrogen) atoms. The summed E-state index contributed by atoms with van der Waals surface area (Å²) in [6.07, 6.45) is 3.69. The third-order valence-corrected chi connectivity index (χ3v) is 6.72. The Hall–Kier alpha value is -3.00. The standard InChI is InChI=1S/C24H30N6O2/c1-15-18-8-10-22(31)30(13-16-5-6-16)23(18)26-21(25-15)14-27(2)12-17-7-9-19-20(11-17)29(4)24(32)28(19)3/h7,9,11,16H,5-6,8,10,12-14H2,1-4H3. The Labute approximate surface area is 187 Å². The van der Waals surface area contributed by atoms with Gasteiger partial charge in [0.15, 0.2) is 0 Å². The number of benzene rings is 1. The molecule has 5 rings (SSSR count). The van der Waals surface area contributed by atoms with Gasteiger partial charge in [0.25, 0.3) is 0 Å². The molecule has 1 amide bonds. The first kappa shape index (κ1) is 20.9. The molecular weight excluding hydrogens is 404 g/mol. The fourth-order valence-electron chi connectivity index (χ4n) is 4.72. The molecule has 0 bridgehead atoms. The predicted octanol–water partition coefficient (Wildman–Crippen LogP) is 2.30. The van der Waals surface area contributed by atoms with Crippen LogP contribution in [0.1, 0.15) is 41.9 Å². The Morgan fingerprint density at radius 1 is 1.03 bits per heavy atom. The van der Waals surface area contributed by atoms with E-state index in [9.17, 15) is 9.59 Å². The van der Waals surface area contributed by atoms with Gasteiger partial charge in [-0.25, -0.2) is 14.8 Å². The summed E-state index contributed by atoms with van der Waals surface area (Å²) in [4.78, 5) is 38.5. The highest BCUT2D eigenvalue weighted by Crippen LogP contribution is 2.35. The summed E-state index contributed by atoms with van der Waals surface area (Å²) in [5.41, 5.74) is 5.06. The lowest BCUT2D eigenvalue weighted by Crippen LogP contribution is -2.38. The first-order chi connectivity index (χ1) is 15.3. The average molecular weight is 435 g/mol. The summed E-state index contributed by atoms with van der Waals surface area (Å²) in [7, 11) is 5.64. The lowest BCUT2D eigenvalue weighted by Gasteiger charge is -2.29. The molecule has 1 aliphatic heterocycles. The molecule has 0 unspecified atom stereocenters. The van der Waals surface area contributed by atoms with Crippen molar-refractivity contribution in [2.24, 2.45) is 20.0 Å². The molecule has 0 saturated heterocycles. The number of amides is 1. The number of hydrogen-bond donors (Lipinski definition) is 0. The smallest absolute Gasteiger partial charge is 0.296 e. The second kappa shape index (κ2) is 7.85. The third kappa shape index (κ3) is 3.72. The molecule has 0 spiro atoms. The van der Waals surface area contributed by atoms with E-state index in [1.165, 1.54) is 12.8 Å². The second-order valence-electron chi connectivity index (χ2n) is 9.37. The van der Waals surface area contributed by atoms with Gasteiger partial charge in [-0.1, -0.05) is 6.07 Å². The van der Waals surface area contributed by atoms with Gasteiger partial charge in [-0.15, -0.1) is 0 Å². The number of fused-ring (bicyclic) bond motifs is 2. The summed E-state index contributed by atoms with van der Waals surface area (Å²) in [5.74, 6) is 2.37. The maximum absolute atomic E-state index is 12.6. The van der Waals surface area contributed by atoms with Crippen molar-refractivity contribution in [1.82, 2.24) is 24.0 Å². The van der Waals surface area contributed by atoms with Gasteiger partial charge < -0.3 is 0 Å². The van der Waals surface area contributed by atoms with Crippen molar-refractivity contribution in [2.45, 2.75) is 45.7 Å². The van der Waals surface area contributed by atoms with Crippen LogP contribution in [0.5, 0.6) is 0 Å². The number of anilines is 1. The summed E-state index contributed by atoms with van der Waals surface area (Å²) >= 11 is 0. The number of carbonyl (C=O) groups excluding carboxylic acids is 1. The molecule has 1 saturated carbocycles. The molecule has 1 fully saturated rings. The van der Waals surface area contributed by atoms with Crippen molar-refractivity contribution < 1.29 is 4.79 Å². The predicted molar refractivity (Wildman–Crippen MR) is 123 cm³/mol. The van der Waals surface area contributed by atoms with Crippen LogP contribution in [0.2, 0.25) is 0 Å². The van der Waals surface area contributed by atoms with Gasteiger partial charge in [0, 0.05) is 44.9 Å². The topological polar surface area (TPSA) is 76.3 Å². The molecule has 0 atom stereocenters. The van der Waals surface area contributed by atoms with Gasteiger partial charge in [0.05, 0.1) is 17.6 Å². The Bertz CT molecular complexity index is 1270. The van der Waals surface area contributed by atoms with E-state index in [1.54, 1.807) is 23.2 Å². The lowest BCUT2D eigenvalue weighted by molar-refractivity contribution is -0.119. The van der Waals surface area contributed by atoms with E-state index in [-0.39, 0.29) is 11.6 Å². The molecule has 3 aromatic rings. The zero-order valence-corrected chi connectivity index (χ0v) is 19.3. The van der Waals surface area contributed by atoms with Gasteiger partial charge >= 0.3 is 5.69 Å². The van der Waals surface area contributed by atoms with Crippen LogP contribution in [0.4, 0.5) is 5.82 Å². The number of aryl methyl sites for hydroxylation is 3. The van der Waals surface area contributed by atoms with Crippen LogP contribution in [-0.4, -0.2) is 43.5 Å². The molecule has 1 aromatic carbocycles. The quantitative estimate of drug-likeness (QED) is 0.595. The van der Waals surface area contributed by atoms with Crippen LogP contribution in [0.15, 0.2) is 23.0 Å². The minimum Gasteiger partial charge on any atom is -0.296 e. The van der Waals surface area contributed by atoms with Gasteiger partial charge in [0.1, 0.15) is 11.6 Å². The van der Waals surface area contributed by atoms with Crippen LogP contribution < -0.4 is 10.6 Å². The number of carbonyl (C=O) groups is 1. The average Bonchev–Trinajstić information content (AvgIpc) is 3.55. The zero-order valence-electron chi connectivity index (χ0n) is 19.3. The van der Waals surface area contributed by atoms with E-state index in [2.05, 4.69) is 17.0 Å². The van der Waals surface area contributed by atoms with Gasteiger partial charge in [0.2, 0.25) is 5.91 Å². The lowest BCUT2D eigenvalue weighted by atomic mass is 10.0. The third-order valence-electron chi connectivity index (χ3n) is 6.72. The van der Waals surface area contributed by atoms with E-state index in [0.717, 1.165) is 52.5 Å². The highest BCUT2D eigenvalue weighted by molar-refractivity contribution is 5.95. The SMILES string of the molecule is Cc1nc(CN(C)Cc2ccc3c(c2)n(C)c(=O)n3C)nc2c1CCC(=O)N2CC1CC1. The van der Waals surface area contributed by atoms with Crippen LogP contribution in [0.3, 0.4) is 0 Å². The van der Waals surface area contributed by atoms with Crippen molar-refractivity contribution in [3.63, 3.8) is 0 Å². The van der Waals surface area contributed by atoms with Gasteiger partial charge in [-0.05, 0) is 56.8 Å². The summed E-state index contributed by atoms with van der Waals surface area (Å²) in [6.45, 7) is 4.11. The molecule has 8 nitrogen and oxygen atoms in total. The monoisotopic (exact) mass is 434 g/mol. The van der Waals surface area contributed by atoms with Gasteiger partial charge in [-0.2, -0.15) is 0 Å². The Morgan fingerprint density at radius 2 is 1.78 bits per heavy atom. The number of nitrogens with zero attached hydrogens (tertiary/aromatic N) is 6. The summed E-state index contributed by atoms with van der Waals surface area (Å²) in [5, 5.41) is 0. The normalized spacial score (nSPS) is 16.3. The number of rotatable bonds is 6. The Kier molecular flexibility index (Phi) is 5.12.